The Hall–Kier alpha value is -2.71. The Morgan fingerprint density at radius 1 is 1.08 bits per heavy atom. The molecule has 1 saturated carbocycles. The molecule has 5 rings (SSSR count). The molecular formula is C30H36Cl2N6O. The van der Waals surface area contributed by atoms with Crippen molar-refractivity contribution < 1.29 is 4.79 Å². The largest absolute Gasteiger partial charge is 0.381 e. The van der Waals surface area contributed by atoms with Crippen molar-refractivity contribution in [2.24, 2.45) is 5.92 Å². The molecule has 1 aromatic heterocycles. The number of benzene rings is 2. The maximum atomic E-state index is 12.9. The first kappa shape index (κ1) is 27.8. The second-order valence-corrected chi connectivity index (χ2v) is 11.4. The third kappa shape index (κ3) is 7.09. The molecule has 1 unspecified atom stereocenters. The van der Waals surface area contributed by atoms with Crippen LogP contribution in [0.4, 0.5) is 11.6 Å². The standard InChI is InChI=1S/C30H36Cl2N6O/c31-24-9-4-10-25(32)23(24)17-37-30-29(33)36-18-27(38-30)21-8-3-5-19(15-21)11-13-34-22-12-14-35-26(16-22)28(39)20-6-1-2-7-20/h3-5,8-10,15,18,20,22,26,34-35H,1-2,6-7,11-14,16-17H2,(H2,33,36)(H,37,38)/t22?,26-/m0/s1. The molecule has 2 heterocycles. The second kappa shape index (κ2) is 13.1. The molecular weight excluding hydrogens is 531 g/mol. The SMILES string of the molecule is Nc1ncc(-c2cccc(CCNC3CCN[C@H](C(=O)C4CCCC4)C3)c2)nc1NCc1c(Cl)cccc1Cl. The van der Waals surface area contributed by atoms with Crippen LogP contribution in [-0.2, 0) is 17.8 Å². The highest BCUT2D eigenvalue weighted by atomic mass is 35.5. The van der Waals surface area contributed by atoms with Crippen molar-refractivity contribution in [3.05, 3.63) is 69.8 Å². The van der Waals surface area contributed by atoms with E-state index in [0.717, 1.165) is 62.0 Å². The third-order valence-electron chi connectivity index (χ3n) is 7.87. The average Bonchev–Trinajstić information content (AvgIpc) is 3.49. The molecule has 2 aliphatic rings. The molecule has 39 heavy (non-hydrogen) atoms. The number of rotatable bonds is 10. The van der Waals surface area contributed by atoms with Gasteiger partial charge in [-0.05, 0) is 69.0 Å². The summed E-state index contributed by atoms with van der Waals surface area (Å²) in [6, 6.07) is 14.1. The minimum Gasteiger partial charge on any atom is -0.381 e. The van der Waals surface area contributed by atoms with E-state index in [9.17, 15) is 4.79 Å². The Balaban J connectivity index is 1.17. The summed E-state index contributed by atoms with van der Waals surface area (Å²) >= 11 is 12.6. The van der Waals surface area contributed by atoms with Gasteiger partial charge in [0.15, 0.2) is 17.4 Å². The number of nitrogens with two attached hydrogens (primary N) is 1. The molecule has 2 fully saturated rings. The predicted molar refractivity (Wildman–Crippen MR) is 159 cm³/mol. The van der Waals surface area contributed by atoms with Gasteiger partial charge in [0.1, 0.15) is 0 Å². The Kier molecular flexibility index (Phi) is 9.35. The van der Waals surface area contributed by atoms with E-state index in [1.165, 1.54) is 18.4 Å². The zero-order valence-corrected chi connectivity index (χ0v) is 23.6. The molecule has 0 spiro atoms. The highest BCUT2D eigenvalue weighted by Crippen LogP contribution is 2.29. The van der Waals surface area contributed by atoms with Gasteiger partial charge < -0.3 is 21.7 Å². The van der Waals surface area contributed by atoms with Crippen molar-refractivity contribution in [3.63, 3.8) is 0 Å². The van der Waals surface area contributed by atoms with Gasteiger partial charge in [-0.2, -0.15) is 0 Å². The van der Waals surface area contributed by atoms with Gasteiger partial charge in [0, 0.05) is 39.7 Å². The summed E-state index contributed by atoms with van der Waals surface area (Å²) in [5.41, 5.74) is 9.81. The van der Waals surface area contributed by atoms with E-state index >= 15 is 0 Å². The monoisotopic (exact) mass is 566 g/mol. The van der Waals surface area contributed by atoms with Crippen LogP contribution in [0, 0.1) is 5.92 Å². The molecule has 0 bridgehead atoms. The zero-order chi connectivity index (χ0) is 27.2. The number of ketones is 1. The number of halogens is 2. The second-order valence-electron chi connectivity index (χ2n) is 10.6. The lowest BCUT2D eigenvalue weighted by Crippen LogP contribution is -2.51. The summed E-state index contributed by atoms with van der Waals surface area (Å²) in [6.07, 6.45) is 9.03. The van der Waals surface area contributed by atoms with E-state index in [1.807, 2.05) is 18.2 Å². The van der Waals surface area contributed by atoms with E-state index in [4.69, 9.17) is 33.9 Å². The van der Waals surface area contributed by atoms with Gasteiger partial charge in [0.25, 0.3) is 0 Å². The maximum Gasteiger partial charge on any atom is 0.169 e. The summed E-state index contributed by atoms with van der Waals surface area (Å²) in [5, 5.41) is 11.6. The van der Waals surface area contributed by atoms with Crippen molar-refractivity contribution >= 4 is 40.6 Å². The number of nitrogens with zero attached hydrogens (tertiary/aromatic N) is 2. The number of hydrogen-bond donors (Lipinski definition) is 4. The van der Waals surface area contributed by atoms with E-state index in [2.05, 4.69) is 33.1 Å². The van der Waals surface area contributed by atoms with Gasteiger partial charge in [0.05, 0.1) is 17.9 Å². The predicted octanol–water partition coefficient (Wildman–Crippen LogP) is 5.66. The fourth-order valence-corrected chi connectivity index (χ4v) is 6.19. The van der Waals surface area contributed by atoms with Crippen LogP contribution in [0.3, 0.4) is 0 Å². The van der Waals surface area contributed by atoms with Crippen molar-refractivity contribution in [1.29, 1.82) is 0 Å². The molecule has 3 aromatic rings. The summed E-state index contributed by atoms with van der Waals surface area (Å²) in [7, 11) is 0. The van der Waals surface area contributed by atoms with E-state index in [0.29, 0.717) is 40.1 Å². The first-order valence-corrected chi connectivity index (χ1v) is 14.6. The minimum absolute atomic E-state index is 0.00326. The van der Waals surface area contributed by atoms with Gasteiger partial charge in [-0.25, -0.2) is 9.97 Å². The van der Waals surface area contributed by atoms with Gasteiger partial charge in [-0.15, -0.1) is 0 Å². The van der Waals surface area contributed by atoms with Crippen LogP contribution >= 0.6 is 23.2 Å². The maximum absolute atomic E-state index is 12.9. The third-order valence-corrected chi connectivity index (χ3v) is 8.58. The van der Waals surface area contributed by atoms with Gasteiger partial charge in [0.2, 0.25) is 0 Å². The summed E-state index contributed by atoms with van der Waals surface area (Å²) in [4.78, 5) is 22.0. The first-order chi connectivity index (χ1) is 19.0. The summed E-state index contributed by atoms with van der Waals surface area (Å²) in [5.74, 6) is 1.50. The van der Waals surface area contributed by atoms with Crippen LogP contribution in [0.25, 0.3) is 11.3 Å². The molecule has 2 aromatic carbocycles. The fourth-order valence-electron chi connectivity index (χ4n) is 5.66. The van der Waals surface area contributed by atoms with Crippen molar-refractivity contribution in [2.45, 2.75) is 63.6 Å². The molecule has 0 amide bonds. The van der Waals surface area contributed by atoms with Crippen LogP contribution in [-0.4, -0.2) is 40.9 Å². The quantitative estimate of drug-likeness (QED) is 0.251. The van der Waals surface area contributed by atoms with Gasteiger partial charge >= 0.3 is 0 Å². The van der Waals surface area contributed by atoms with Gasteiger partial charge in [-0.3, -0.25) is 4.79 Å². The molecule has 206 valence electrons. The molecule has 5 N–H and O–H groups in total. The van der Waals surface area contributed by atoms with E-state index in [-0.39, 0.29) is 12.0 Å². The number of carbonyl (C=O) groups is 1. The Morgan fingerprint density at radius 3 is 2.64 bits per heavy atom. The van der Waals surface area contributed by atoms with Crippen LogP contribution in [0.2, 0.25) is 10.0 Å². The molecule has 1 aliphatic carbocycles. The van der Waals surface area contributed by atoms with E-state index < -0.39 is 0 Å². The highest BCUT2D eigenvalue weighted by molar-refractivity contribution is 6.36. The Bertz CT molecular complexity index is 1280. The lowest BCUT2D eigenvalue weighted by molar-refractivity contribution is -0.125. The molecule has 9 heteroatoms. The highest BCUT2D eigenvalue weighted by Gasteiger charge is 2.32. The summed E-state index contributed by atoms with van der Waals surface area (Å²) < 4.78 is 0. The molecule has 7 nitrogen and oxygen atoms in total. The minimum atomic E-state index is 0.00326. The summed E-state index contributed by atoms with van der Waals surface area (Å²) in [6.45, 7) is 2.14. The Morgan fingerprint density at radius 2 is 1.85 bits per heavy atom. The Labute approximate surface area is 240 Å². The van der Waals surface area contributed by atoms with Crippen LogP contribution in [0.15, 0.2) is 48.7 Å². The van der Waals surface area contributed by atoms with Crippen molar-refractivity contribution in [1.82, 2.24) is 20.6 Å². The van der Waals surface area contributed by atoms with Gasteiger partial charge in [-0.1, -0.05) is 60.3 Å². The number of nitrogen functional groups attached to an aromatic ring is 1. The zero-order valence-electron chi connectivity index (χ0n) is 22.1. The van der Waals surface area contributed by atoms with Crippen molar-refractivity contribution in [2.75, 3.05) is 24.1 Å². The smallest absolute Gasteiger partial charge is 0.169 e. The number of piperidine rings is 1. The average molecular weight is 568 g/mol. The molecule has 1 aliphatic heterocycles. The lowest BCUT2D eigenvalue weighted by atomic mass is 9.89. The molecule has 0 radical (unpaired) electrons. The van der Waals surface area contributed by atoms with E-state index in [1.54, 1.807) is 18.3 Å². The topological polar surface area (TPSA) is 105 Å². The number of carbonyl (C=O) groups excluding carboxylic acids is 1. The normalized spacial score (nSPS) is 19.7. The lowest BCUT2D eigenvalue weighted by Gasteiger charge is -2.31. The molecule has 2 atom stereocenters. The number of nitrogens with one attached hydrogen (secondary N) is 3. The first-order valence-electron chi connectivity index (χ1n) is 13.9. The van der Waals surface area contributed by atoms with Crippen molar-refractivity contribution in [3.8, 4) is 11.3 Å². The number of aromatic nitrogens is 2. The molecule has 1 saturated heterocycles. The fraction of sp³-hybridized carbons (Fsp3) is 0.433. The number of hydrogen-bond acceptors (Lipinski definition) is 7. The number of Topliss-reactive ketones (excluding diaryl/α,β-unsaturated/α-hetero) is 1. The van der Waals surface area contributed by atoms with Crippen LogP contribution < -0.4 is 21.7 Å². The van der Waals surface area contributed by atoms with Crippen LogP contribution in [0.5, 0.6) is 0 Å². The van der Waals surface area contributed by atoms with Crippen LogP contribution in [0.1, 0.15) is 49.7 Å². The number of anilines is 2.